The maximum absolute atomic E-state index is 8.06. The summed E-state index contributed by atoms with van der Waals surface area (Å²) in [7, 11) is 0. The molecule has 0 aliphatic rings. The van der Waals surface area contributed by atoms with Crippen LogP contribution in [-0.2, 0) is 0 Å². The molecular weight excluding hydrogens is 232 g/mol. The van der Waals surface area contributed by atoms with Crippen LogP contribution >= 0.6 is 0 Å². The molecule has 8 heteroatoms. The van der Waals surface area contributed by atoms with E-state index in [1.54, 1.807) is 0 Å². The third-order valence-electron chi connectivity index (χ3n) is 2.36. The lowest BCUT2D eigenvalue weighted by Crippen LogP contribution is -2.19. The van der Waals surface area contributed by atoms with Crippen molar-refractivity contribution in [3.63, 3.8) is 0 Å². The van der Waals surface area contributed by atoms with Gasteiger partial charge in [-0.15, -0.1) is 0 Å². The van der Waals surface area contributed by atoms with Crippen molar-refractivity contribution in [2.24, 2.45) is 10.2 Å². The average Bonchev–Trinajstić information content (AvgIpc) is 2.39. The molecule has 2 N–H and O–H groups in total. The van der Waals surface area contributed by atoms with Gasteiger partial charge in [0.1, 0.15) is 0 Å². The van der Waals surface area contributed by atoms with Gasteiger partial charge in [0.15, 0.2) is 0 Å². The molecule has 18 heavy (non-hydrogen) atoms. The van der Waals surface area contributed by atoms with Gasteiger partial charge >= 0.3 is 0 Å². The number of hydrogen-bond donors (Lipinski definition) is 2. The fourth-order valence-electron chi connectivity index (χ4n) is 1.45. The molecule has 0 aromatic heterocycles. The van der Waals surface area contributed by atoms with Crippen LogP contribution in [0.2, 0.25) is 0 Å². The molecule has 0 fully saturated rings. The van der Waals surface area contributed by atoms with Crippen molar-refractivity contribution in [2.75, 3.05) is 39.3 Å². The Bertz CT molecular complexity index is 239. The van der Waals surface area contributed by atoms with Crippen molar-refractivity contribution >= 4 is 0 Å². The topological polar surface area (TPSA) is 122 Å². The van der Waals surface area contributed by atoms with Gasteiger partial charge in [0.05, 0.1) is 0 Å². The molecule has 0 amide bonds. The van der Waals surface area contributed by atoms with E-state index < -0.39 is 0 Å². The van der Waals surface area contributed by atoms with Crippen LogP contribution in [0.1, 0.15) is 25.7 Å². The number of unbranched alkanes of at least 4 members (excludes halogenated alkanes) is 3. The smallest absolute Gasteiger partial charge is 0.0383 e. The molecule has 0 bridgehead atoms. The van der Waals surface area contributed by atoms with Crippen LogP contribution in [0.5, 0.6) is 0 Å². The van der Waals surface area contributed by atoms with Crippen molar-refractivity contribution in [2.45, 2.75) is 25.7 Å². The number of nitrogens with one attached hydrogen (secondary N) is 2. The minimum Gasteiger partial charge on any atom is -0.317 e. The lowest BCUT2D eigenvalue weighted by molar-refractivity contribution is 0.567. The minimum atomic E-state index is 0.519. The Hall–Kier alpha value is -1.46. The molecule has 0 aromatic rings. The average molecular weight is 254 g/mol. The lowest BCUT2D eigenvalue weighted by atomic mass is 10.2. The predicted octanol–water partition coefficient (Wildman–Crippen LogP) is 2.35. The fourth-order valence-corrected chi connectivity index (χ4v) is 1.45. The largest absolute Gasteiger partial charge is 0.317 e. The van der Waals surface area contributed by atoms with Crippen LogP contribution in [0, 0.1) is 0 Å². The number of rotatable bonds is 13. The normalized spacial score (nSPS) is 9.56. The van der Waals surface area contributed by atoms with E-state index in [2.05, 4.69) is 30.7 Å². The molecular formula is C10H22N8. The summed E-state index contributed by atoms with van der Waals surface area (Å²) < 4.78 is 0. The van der Waals surface area contributed by atoms with Crippen LogP contribution in [0.25, 0.3) is 20.9 Å². The van der Waals surface area contributed by atoms with E-state index in [4.69, 9.17) is 11.1 Å². The maximum Gasteiger partial charge on any atom is 0.0383 e. The number of azide groups is 2. The summed E-state index contributed by atoms with van der Waals surface area (Å²) >= 11 is 0. The molecule has 0 aliphatic heterocycles. The van der Waals surface area contributed by atoms with Gasteiger partial charge in [-0.2, -0.15) is 0 Å². The summed E-state index contributed by atoms with van der Waals surface area (Å²) in [5, 5.41) is 13.3. The highest BCUT2D eigenvalue weighted by atomic mass is 15.1. The van der Waals surface area contributed by atoms with Gasteiger partial charge in [-0.3, -0.25) is 0 Å². The quantitative estimate of drug-likeness (QED) is 0.227. The third kappa shape index (κ3) is 14.5. The van der Waals surface area contributed by atoms with Crippen molar-refractivity contribution in [3.8, 4) is 0 Å². The molecule has 0 rings (SSSR count). The molecule has 0 unspecified atom stereocenters. The van der Waals surface area contributed by atoms with Gasteiger partial charge in [-0.25, -0.2) is 0 Å². The highest BCUT2D eigenvalue weighted by Gasteiger charge is 1.91. The zero-order valence-corrected chi connectivity index (χ0v) is 10.8. The first-order valence-corrected chi connectivity index (χ1v) is 6.35. The first kappa shape index (κ1) is 16.5. The van der Waals surface area contributed by atoms with Gasteiger partial charge in [0, 0.05) is 36.0 Å². The van der Waals surface area contributed by atoms with E-state index in [1.165, 1.54) is 12.8 Å². The van der Waals surface area contributed by atoms with Crippen LogP contribution in [-0.4, -0.2) is 39.3 Å². The third-order valence-corrected chi connectivity index (χ3v) is 2.36. The van der Waals surface area contributed by atoms with Crippen molar-refractivity contribution in [3.05, 3.63) is 20.9 Å². The first-order chi connectivity index (χ1) is 8.91. The second kappa shape index (κ2) is 15.5. The molecule has 0 heterocycles. The maximum atomic E-state index is 8.06. The van der Waals surface area contributed by atoms with Crippen molar-refractivity contribution in [1.29, 1.82) is 0 Å². The van der Waals surface area contributed by atoms with Crippen molar-refractivity contribution in [1.82, 2.24) is 10.6 Å². The number of nitrogens with zero attached hydrogens (tertiary/aromatic N) is 6. The second-order valence-corrected chi connectivity index (χ2v) is 3.82. The Morgan fingerprint density at radius 3 is 1.50 bits per heavy atom. The van der Waals surface area contributed by atoms with Gasteiger partial charge in [0.25, 0.3) is 0 Å². The highest BCUT2D eigenvalue weighted by Crippen LogP contribution is 1.97. The first-order valence-electron chi connectivity index (χ1n) is 6.35. The highest BCUT2D eigenvalue weighted by molar-refractivity contribution is 4.55. The van der Waals surface area contributed by atoms with E-state index >= 15 is 0 Å². The zero-order valence-electron chi connectivity index (χ0n) is 10.8. The molecule has 0 spiro atoms. The standard InChI is InChI=1S/C10H22N8/c11-17-15-9-7-13-5-3-1-2-4-6-14-8-10-16-18-12/h13-14H,1-10H2. The van der Waals surface area contributed by atoms with E-state index in [9.17, 15) is 0 Å². The van der Waals surface area contributed by atoms with Crippen molar-refractivity contribution < 1.29 is 0 Å². The summed E-state index contributed by atoms with van der Waals surface area (Å²) in [5.74, 6) is 0. The predicted molar refractivity (Wildman–Crippen MR) is 72.2 cm³/mol. The van der Waals surface area contributed by atoms with Gasteiger partial charge in [-0.1, -0.05) is 23.1 Å². The zero-order chi connectivity index (χ0) is 13.3. The molecule has 0 saturated heterocycles. The van der Waals surface area contributed by atoms with Crippen LogP contribution < -0.4 is 10.6 Å². The minimum absolute atomic E-state index is 0.519. The summed E-state index contributed by atoms with van der Waals surface area (Å²) in [4.78, 5) is 5.36. The Labute approximate surface area is 107 Å². The molecule has 0 saturated carbocycles. The van der Waals surface area contributed by atoms with Crippen LogP contribution in [0.3, 0.4) is 0 Å². The molecule has 0 aliphatic carbocycles. The summed E-state index contributed by atoms with van der Waals surface area (Å²) in [6.45, 7) is 4.50. The summed E-state index contributed by atoms with van der Waals surface area (Å²) in [6, 6.07) is 0. The Morgan fingerprint density at radius 2 is 1.11 bits per heavy atom. The Balaban J connectivity index is 2.98. The van der Waals surface area contributed by atoms with E-state index in [0.717, 1.165) is 39.0 Å². The molecule has 0 radical (unpaired) electrons. The summed E-state index contributed by atoms with van der Waals surface area (Å²) in [5.41, 5.74) is 16.1. The van der Waals surface area contributed by atoms with Gasteiger partial charge < -0.3 is 10.6 Å². The number of hydrogen-bond acceptors (Lipinski definition) is 4. The van der Waals surface area contributed by atoms with Crippen LogP contribution in [0.4, 0.5) is 0 Å². The van der Waals surface area contributed by atoms with E-state index in [0.29, 0.717) is 13.1 Å². The van der Waals surface area contributed by atoms with Crippen LogP contribution in [0.15, 0.2) is 10.2 Å². The molecule has 0 atom stereocenters. The van der Waals surface area contributed by atoms with E-state index in [-0.39, 0.29) is 0 Å². The summed E-state index contributed by atoms with van der Waals surface area (Å²) in [6.07, 6.45) is 4.70. The second-order valence-electron chi connectivity index (χ2n) is 3.82. The lowest BCUT2D eigenvalue weighted by Gasteiger charge is -2.04. The van der Waals surface area contributed by atoms with Gasteiger partial charge in [-0.05, 0) is 37.0 Å². The Kier molecular flexibility index (Phi) is 14.3. The Morgan fingerprint density at radius 1 is 0.667 bits per heavy atom. The SMILES string of the molecule is [N-]=[N+]=NCCNCCCCCCNCCN=[N+]=[N-]. The molecule has 8 nitrogen and oxygen atoms in total. The molecule has 102 valence electrons. The fraction of sp³-hybridized carbons (Fsp3) is 1.00. The monoisotopic (exact) mass is 254 g/mol. The molecule has 0 aromatic carbocycles. The van der Waals surface area contributed by atoms with E-state index in [1.807, 2.05) is 0 Å². The van der Waals surface area contributed by atoms with Gasteiger partial charge in [0.2, 0.25) is 0 Å².